The number of carbonyl (C=O) groups is 2. The number of ether oxygens (including phenoxy) is 1. The number of rotatable bonds is 2. The van der Waals surface area contributed by atoms with Gasteiger partial charge in [0.1, 0.15) is 0 Å². The topological polar surface area (TPSA) is 48.3 Å². The first-order valence-corrected chi connectivity index (χ1v) is 8.11. The van der Waals surface area contributed by atoms with E-state index in [1.807, 2.05) is 36.4 Å². The van der Waals surface area contributed by atoms with Crippen LogP contribution in [0.4, 0.5) is 0 Å². The summed E-state index contributed by atoms with van der Waals surface area (Å²) in [5.41, 5.74) is 2.29. The molecule has 1 heterocycles. The number of para-hydroxylation sites is 1. The summed E-state index contributed by atoms with van der Waals surface area (Å²) in [7, 11) is 1.34. The summed E-state index contributed by atoms with van der Waals surface area (Å²) in [5.74, 6) is -0.599. The molecule has 0 aliphatic heterocycles. The lowest BCUT2D eigenvalue weighted by Crippen LogP contribution is -2.14. The third kappa shape index (κ3) is 2.65. The van der Waals surface area contributed by atoms with Crippen LogP contribution in [0.5, 0.6) is 0 Å². The Bertz CT molecular complexity index is 910. The predicted molar refractivity (Wildman–Crippen MR) is 96.9 cm³/mol. The summed E-state index contributed by atoms with van der Waals surface area (Å²) in [4.78, 5) is 25.0. The van der Waals surface area contributed by atoms with Crippen molar-refractivity contribution in [3.8, 4) is 0 Å². The molecule has 5 heteroatoms. The number of hydrogen-bond donors (Lipinski definition) is 0. The molecule has 4 nitrogen and oxygen atoms in total. The Labute approximate surface area is 147 Å². The third-order valence-corrected chi connectivity index (χ3v) is 4.51. The Morgan fingerprint density at radius 3 is 2.35 bits per heavy atom. The van der Waals surface area contributed by atoms with E-state index >= 15 is 0 Å². The van der Waals surface area contributed by atoms with Crippen LogP contribution in [0.1, 0.15) is 26.4 Å². The zero-order valence-corrected chi connectivity index (χ0v) is 14.8. The lowest BCUT2D eigenvalue weighted by Gasteiger charge is -2.07. The Kier molecular flexibility index (Phi) is 4.21. The van der Waals surface area contributed by atoms with Crippen LogP contribution in [0.15, 0.2) is 48.5 Å². The highest BCUT2D eigenvalue weighted by atomic mass is 127. The minimum Gasteiger partial charge on any atom is -0.465 e. The number of hydrogen-bond acceptors (Lipinski definition) is 3. The molecule has 1 aromatic heterocycles. The molecule has 2 aromatic carbocycles. The van der Waals surface area contributed by atoms with Gasteiger partial charge in [-0.1, -0.05) is 18.2 Å². The molecule has 0 amide bonds. The molecule has 23 heavy (non-hydrogen) atoms. The summed E-state index contributed by atoms with van der Waals surface area (Å²) in [6.07, 6.45) is 0. The molecule has 0 radical (unpaired) electrons. The zero-order chi connectivity index (χ0) is 16.6. The van der Waals surface area contributed by atoms with E-state index in [0.29, 0.717) is 22.3 Å². The van der Waals surface area contributed by atoms with Crippen LogP contribution >= 0.6 is 22.6 Å². The molecule has 3 aromatic rings. The van der Waals surface area contributed by atoms with Crippen LogP contribution in [-0.4, -0.2) is 23.6 Å². The maximum absolute atomic E-state index is 12.9. The molecule has 0 saturated heterocycles. The van der Waals surface area contributed by atoms with Gasteiger partial charge in [-0.05, 0) is 59.8 Å². The van der Waals surface area contributed by atoms with E-state index in [1.165, 1.54) is 7.11 Å². The average Bonchev–Trinajstić information content (AvgIpc) is 2.86. The van der Waals surface area contributed by atoms with Crippen molar-refractivity contribution in [2.45, 2.75) is 6.92 Å². The molecule has 0 saturated carbocycles. The van der Waals surface area contributed by atoms with Crippen molar-refractivity contribution in [3.63, 3.8) is 0 Å². The fourth-order valence-electron chi connectivity index (χ4n) is 2.71. The highest BCUT2D eigenvalue weighted by Crippen LogP contribution is 2.27. The SMILES string of the molecule is COC(=O)c1c(C)n(C(=O)c2ccc(I)cc2)c2ccccc12. The quantitative estimate of drug-likeness (QED) is 0.466. The van der Waals surface area contributed by atoms with Crippen molar-refractivity contribution in [1.29, 1.82) is 0 Å². The second-order valence-corrected chi connectivity index (χ2v) is 6.36. The van der Waals surface area contributed by atoms with Crippen molar-refractivity contribution >= 4 is 45.4 Å². The van der Waals surface area contributed by atoms with Crippen LogP contribution in [-0.2, 0) is 4.74 Å². The molecule has 116 valence electrons. The molecule has 0 atom stereocenters. The minimum absolute atomic E-state index is 0.162. The number of esters is 1. The molecular weight excluding hydrogens is 405 g/mol. The summed E-state index contributed by atoms with van der Waals surface area (Å²) in [5, 5.41) is 0.718. The summed E-state index contributed by atoms with van der Waals surface area (Å²) in [6.45, 7) is 1.76. The standard InChI is InChI=1S/C18H14INO3/c1-11-16(18(22)23-2)14-5-3-4-6-15(14)20(11)17(21)12-7-9-13(19)10-8-12/h3-10H,1-2H3. The second-order valence-electron chi connectivity index (χ2n) is 5.12. The minimum atomic E-state index is -0.437. The maximum Gasteiger partial charge on any atom is 0.340 e. The van der Waals surface area contributed by atoms with Crippen LogP contribution in [0.25, 0.3) is 10.9 Å². The first-order valence-electron chi connectivity index (χ1n) is 7.03. The van der Waals surface area contributed by atoms with E-state index in [-0.39, 0.29) is 5.91 Å². The number of fused-ring (bicyclic) bond motifs is 1. The molecule has 0 bridgehead atoms. The van der Waals surface area contributed by atoms with E-state index in [1.54, 1.807) is 23.6 Å². The molecule has 0 spiro atoms. The van der Waals surface area contributed by atoms with Crippen molar-refractivity contribution in [3.05, 3.63) is 68.9 Å². The van der Waals surface area contributed by atoms with Crippen molar-refractivity contribution < 1.29 is 14.3 Å². The maximum atomic E-state index is 12.9. The van der Waals surface area contributed by atoms with E-state index in [9.17, 15) is 9.59 Å². The monoisotopic (exact) mass is 419 g/mol. The van der Waals surface area contributed by atoms with Crippen LogP contribution < -0.4 is 0 Å². The third-order valence-electron chi connectivity index (χ3n) is 3.80. The Morgan fingerprint density at radius 1 is 1.04 bits per heavy atom. The van der Waals surface area contributed by atoms with E-state index in [0.717, 1.165) is 8.96 Å². The van der Waals surface area contributed by atoms with Gasteiger partial charge in [0, 0.05) is 20.2 Å². The molecule has 0 aliphatic rings. The lowest BCUT2D eigenvalue weighted by atomic mass is 10.1. The number of methoxy groups -OCH3 is 1. The molecule has 0 aliphatic carbocycles. The van der Waals surface area contributed by atoms with Gasteiger partial charge in [0.15, 0.2) is 0 Å². The van der Waals surface area contributed by atoms with E-state index < -0.39 is 5.97 Å². The number of benzene rings is 2. The van der Waals surface area contributed by atoms with Gasteiger partial charge in [-0.25, -0.2) is 4.79 Å². The number of nitrogens with zero attached hydrogens (tertiary/aromatic N) is 1. The van der Waals surface area contributed by atoms with Crippen LogP contribution in [0.2, 0.25) is 0 Å². The Balaban J connectivity index is 2.25. The number of aromatic nitrogens is 1. The lowest BCUT2D eigenvalue weighted by molar-refractivity contribution is 0.0602. The Morgan fingerprint density at radius 2 is 1.70 bits per heavy atom. The first-order chi connectivity index (χ1) is 11.0. The Hall–Kier alpha value is -2.15. The van der Waals surface area contributed by atoms with Gasteiger partial charge in [-0.2, -0.15) is 0 Å². The normalized spacial score (nSPS) is 10.7. The predicted octanol–water partition coefficient (Wildman–Crippen LogP) is 4.03. The molecule has 3 rings (SSSR count). The smallest absolute Gasteiger partial charge is 0.340 e. The average molecular weight is 419 g/mol. The van der Waals surface area contributed by atoms with Gasteiger partial charge < -0.3 is 4.74 Å². The molecule has 0 N–H and O–H groups in total. The van der Waals surface area contributed by atoms with Crippen molar-refractivity contribution in [2.24, 2.45) is 0 Å². The van der Waals surface area contributed by atoms with Crippen LogP contribution in [0, 0.1) is 10.5 Å². The highest BCUT2D eigenvalue weighted by molar-refractivity contribution is 14.1. The van der Waals surface area contributed by atoms with Gasteiger partial charge in [0.05, 0.1) is 18.2 Å². The van der Waals surface area contributed by atoms with E-state index in [4.69, 9.17) is 4.74 Å². The van der Waals surface area contributed by atoms with Crippen molar-refractivity contribution in [1.82, 2.24) is 4.57 Å². The molecular formula is C18H14INO3. The van der Waals surface area contributed by atoms with E-state index in [2.05, 4.69) is 22.6 Å². The number of carbonyl (C=O) groups excluding carboxylic acids is 2. The molecule has 0 unspecified atom stereocenters. The fraction of sp³-hybridized carbons (Fsp3) is 0.111. The van der Waals surface area contributed by atoms with Gasteiger partial charge in [0.2, 0.25) is 0 Å². The zero-order valence-electron chi connectivity index (χ0n) is 12.7. The van der Waals surface area contributed by atoms with Gasteiger partial charge in [0.25, 0.3) is 5.91 Å². The number of halogens is 1. The van der Waals surface area contributed by atoms with Gasteiger partial charge in [-0.3, -0.25) is 9.36 Å². The fourth-order valence-corrected chi connectivity index (χ4v) is 3.07. The van der Waals surface area contributed by atoms with Gasteiger partial charge >= 0.3 is 5.97 Å². The first kappa shape index (κ1) is 15.7. The second kappa shape index (κ2) is 6.16. The summed E-state index contributed by atoms with van der Waals surface area (Å²) < 4.78 is 7.51. The largest absolute Gasteiger partial charge is 0.465 e. The van der Waals surface area contributed by atoms with Crippen LogP contribution in [0.3, 0.4) is 0 Å². The molecule has 0 fully saturated rings. The van der Waals surface area contributed by atoms with Gasteiger partial charge in [-0.15, -0.1) is 0 Å². The summed E-state index contributed by atoms with van der Waals surface area (Å²) >= 11 is 2.19. The highest BCUT2D eigenvalue weighted by Gasteiger charge is 2.23. The summed E-state index contributed by atoms with van der Waals surface area (Å²) in [6, 6.07) is 14.7. The van der Waals surface area contributed by atoms with Crippen molar-refractivity contribution in [2.75, 3.05) is 7.11 Å².